The molecule has 0 unspecified atom stereocenters. The average molecular weight is 657 g/mol. The molecule has 0 atom stereocenters. The molecule has 5 N–H and O–H groups in total. The van der Waals surface area contributed by atoms with Crippen molar-refractivity contribution in [1.82, 2.24) is 15.0 Å². The molecule has 11 heteroatoms. The minimum atomic E-state index is -0.557. The van der Waals surface area contributed by atoms with E-state index in [2.05, 4.69) is 26.3 Å². The van der Waals surface area contributed by atoms with Gasteiger partial charge in [0.25, 0.3) is 0 Å². The van der Waals surface area contributed by atoms with Crippen molar-refractivity contribution < 1.29 is 18.9 Å². The van der Waals surface area contributed by atoms with E-state index >= 15 is 0 Å². The number of nitrogen functional groups attached to an aromatic ring is 1. The highest BCUT2D eigenvalue weighted by Crippen LogP contribution is 2.47. The Hall–Kier alpha value is -4.87. The number of nitrogens with two attached hydrogens (primary N) is 2. The summed E-state index contributed by atoms with van der Waals surface area (Å²) in [5, 5.41) is 6.97. The number of rotatable bonds is 6. The monoisotopic (exact) mass is 656 g/mol. The zero-order chi connectivity index (χ0) is 34.7. The van der Waals surface area contributed by atoms with E-state index in [1.807, 2.05) is 89.5 Å². The summed E-state index contributed by atoms with van der Waals surface area (Å²) in [7, 11) is -0.394. The molecule has 0 spiro atoms. The molecular weight excluding hydrogens is 615 g/mol. The first kappa shape index (κ1) is 32.7. The Morgan fingerprint density at radius 2 is 1.49 bits per heavy atom. The maximum absolute atomic E-state index is 11.8. The molecule has 8 rings (SSSR count). The van der Waals surface area contributed by atoms with Crippen molar-refractivity contribution in [3.05, 3.63) is 84.6 Å². The molecule has 4 heterocycles. The fourth-order valence-electron chi connectivity index (χ4n) is 6.09. The third-order valence-corrected chi connectivity index (χ3v) is 10.5. The number of nitrogens with zero attached hydrogens (tertiary/aromatic N) is 3. The summed E-state index contributed by atoms with van der Waals surface area (Å²) in [5.41, 5.74) is 15.7. The molecule has 3 aliphatic rings. The van der Waals surface area contributed by atoms with Crippen molar-refractivity contribution in [2.45, 2.75) is 76.9 Å². The Morgan fingerprint density at radius 1 is 0.837 bits per heavy atom. The number of anilines is 2. The molecule has 0 radical (unpaired) electrons. The normalized spacial score (nSPS) is 18.5. The van der Waals surface area contributed by atoms with E-state index in [1.165, 1.54) is 0 Å². The van der Waals surface area contributed by atoms with Crippen molar-refractivity contribution in [2.24, 2.45) is 11.7 Å². The van der Waals surface area contributed by atoms with Gasteiger partial charge in [-0.2, -0.15) is 0 Å². The Balaban J connectivity index is 0.000000154. The highest BCUT2D eigenvalue weighted by Gasteiger charge is 2.52. The Labute approximate surface area is 286 Å². The number of hydrogen-bond donors (Lipinski definition) is 3. The maximum atomic E-state index is 11.8. The van der Waals surface area contributed by atoms with Crippen LogP contribution in [0.15, 0.2) is 73.3 Å². The standard InChI is InChI=1S/C19H23BN2O3.C19H18N4O/c1-17(2)18(3,4)25-20(24-17)14-6-5-12-10-15(22-11-13(12)9-14)19(7-8-19)16(21)23;1-11-16(9-21-10-17(11)20)14-5-4-13-7-18(22-8-15(13)6-14)23-19(24)12-2-3-12/h5-6,9-11H,7-8H2,1-4H3,(H2,21,23);4-10,12H,2-3,20H2,1H3,(H,22,23,24). The summed E-state index contributed by atoms with van der Waals surface area (Å²) in [5.74, 6) is 0.561. The second-order valence-electron chi connectivity index (χ2n) is 14.5. The number of fused-ring (bicyclic) bond motifs is 2. The van der Waals surface area contributed by atoms with Gasteiger partial charge in [-0.15, -0.1) is 0 Å². The highest BCUT2D eigenvalue weighted by atomic mass is 16.7. The summed E-state index contributed by atoms with van der Waals surface area (Å²) in [6.45, 7) is 10.2. The van der Waals surface area contributed by atoms with Crippen molar-refractivity contribution in [2.75, 3.05) is 11.1 Å². The van der Waals surface area contributed by atoms with Crippen LogP contribution in [0.5, 0.6) is 0 Å². The number of pyridine rings is 3. The topological polar surface area (TPSA) is 155 Å². The number of benzene rings is 2. The van der Waals surface area contributed by atoms with Crippen molar-refractivity contribution in [3.8, 4) is 11.1 Å². The zero-order valence-corrected chi connectivity index (χ0v) is 28.5. The second kappa shape index (κ2) is 11.9. The van der Waals surface area contributed by atoms with Gasteiger partial charge in [-0.1, -0.05) is 30.3 Å². The molecule has 250 valence electrons. The van der Waals surface area contributed by atoms with Crippen molar-refractivity contribution in [3.63, 3.8) is 0 Å². The zero-order valence-electron chi connectivity index (χ0n) is 28.5. The molecule has 2 amide bonds. The number of amides is 2. The fourth-order valence-corrected chi connectivity index (χ4v) is 6.09. The van der Waals surface area contributed by atoms with Crippen LogP contribution < -0.4 is 22.2 Å². The molecule has 1 saturated heterocycles. The Bertz CT molecular complexity index is 2110. The van der Waals surface area contributed by atoms with Gasteiger partial charge in [0.15, 0.2) is 0 Å². The molecule has 3 fully saturated rings. The van der Waals surface area contributed by atoms with Gasteiger partial charge in [-0.3, -0.25) is 19.6 Å². The van der Waals surface area contributed by atoms with E-state index in [1.54, 1.807) is 12.4 Å². The van der Waals surface area contributed by atoms with Crippen LogP contribution in [0.25, 0.3) is 32.7 Å². The summed E-state index contributed by atoms with van der Waals surface area (Å²) in [4.78, 5) is 36.6. The minimum Gasteiger partial charge on any atom is -0.399 e. The van der Waals surface area contributed by atoms with Crippen molar-refractivity contribution in [1.29, 1.82) is 0 Å². The van der Waals surface area contributed by atoms with Crippen LogP contribution in [-0.2, 0) is 24.3 Å². The SMILES string of the molecule is CC1(C)OB(c2ccc3cc(C4(C(N)=O)CC4)ncc3c2)OC1(C)C.Cc1c(N)cncc1-c1ccc2cc(NC(=O)C3CC3)ncc2c1. The average Bonchev–Trinajstić information content (AvgIpc) is 3.99. The van der Waals surface area contributed by atoms with Gasteiger partial charge >= 0.3 is 7.12 Å². The number of aromatic nitrogens is 3. The molecule has 2 aliphatic carbocycles. The summed E-state index contributed by atoms with van der Waals surface area (Å²) >= 11 is 0. The molecule has 3 aromatic heterocycles. The van der Waals surface area contributed by atoms with Crippen LogP contribution in [0.3, 0.4) is 0 Å². The lowest BCUT2D eigenvalue weighted by atomic mass is 9.78. The van der Waals surface area contributed by atoms with Gasteiger partial charge in [0.2, 0.25) is 11.8 Å². The predicted octanol–water partition coefficient (Wildman–Crippen LogP) is 5.59. The number of hydrogen-bond acceptors (Lipinski definition) is 8. The van der Waals surface area contributed by atoms with E-state index in [-0.39, 0.29) is 28.9 Å². The molecule has 10 nitrogen and oxygen atoms in total. The van der Waals surface area contributed by atoms with Gasteiger partial charge in [0, 0.05) is 35.5 Å². The van der Waals surface area contributed by atoms with E-state index in [4.69, 9.17) is 20.8 Å². The largest absolute Gasteiger partial charge is 0.494 e. The number of carbonyl (C=O) groups excluding carboxylic acids is 2. The Morgan fingerprint density at radius 3 is 2.16 bits per heavy atom. The summed E-state index contributed by atoms with van der Waals surface area (Å²) in [6, 6.07) is 16.1. The third kappa shape index (κ3) is 6.24. The van der Waals surface area contributed by atoms with Gasteiger partial charge in [-0.25, -0.2) is 4.98 Å². The first-order valence-corrected chi connectivity index (χ1v) is 16.7. The van der Waals surface area contributed by atoms with Crippen molar-refractivity contribution >= 4 is 57.4 Å². The highest BCUT2D eigenvalue weighted by molar-refractivity contribution is 6.62. The molecule has 2 saturated carbocycles. The summed E-state index contributed by atoms with van der Waals surface area (Å²) < 4.78 is 12.2. The number of nitrogens with one attached hydrogen (secondary N) is 1. The summed E-state index contributed by atoms with van der Waals surface area (Å²) in [6.07, 6.45) is 10.6. The lowest BCUT2D eigenvalue weighted by Gasteiger charge is -2.32. The third-order valence-electron chi connectivity index (χ3n) is 10.5. The molecule has 0 bridgehead atoms. The van der Waals surface area contributed by atoms with Crippen LogP contribution in [0.2, 0.25) is 0 Å². The van der Waals surface area contributed by atoms with Gasteiger partial charge in [0.05, 0.1) is 34.2 Å². The van der Waals surface area contributed by atoms with Gasteiger partial charge in [-0.05, 0) is 111 Å². The first-order chi connectivity index (χ1) is 23.3. The molecule has 49 heavy (non-hydrogen) atoms. The predicted molar refractivity (Wildman–Crippen MR) is 193 cm³/mol. The number of primary amides is 1. The van der Waals surface area contributed by atoms with Crippen LogP contribution in [0, 0.1) is 12.8 Å². The van der Waals surface area contributed by atoms with Crippen LogP contribution in [-0.4, -0.2) is 45.1 Å². The Kier molecular flexibility index (Phi) is 7.95. The van der Waals surface area contributed by atoms with E-state index < -0.39 is 12.5 Å². The van der Waals surface area contributed by atoms with E-state index in [0.29, 0.717) is 11.5 Å². The first-order valence-electron chi connectivity index (χ1n) is 16.7. The minimum absolute atomic E-state index is 0.0694. The smallest absolute Gasteiger partial charge is 0.399 e. The molecule has 2 aromatic carbocycles. The van der Waals surface area contributed by atoms with Crippen LogP contribution in [0.1, 0.15) is 64.6 Å². The molecule has 1 aliphatic heterocycles. The lowest BCUT2D eigenvalue weighted by molar-refractivity contribution is -0.120. The quantitative estimate of drug-likeness (QED) is 0.200. The number of carbonyl (C=O) groups is 2. The van der Waals surface area contributed by atoms with Gasteiger partial charge in [0.1, 0.15) is 5.82 Å². The maximum Gasteiger partial charge on any atom is 0.494 e. The lowest BCUT2D eigenvalue weighted by Crippen LogP contribution is -2.41. The van der Waals surface area contributed by atoms with Gasteiger partial charge < -0.3 is 26.1 Å². The van der Waals surface area contributed by atoms with E-state index in [9.17, 15) is 9.59 Å². The van der Waals surface area contributed by atoms with Crippen LogP contribution >= 0.6 is 0 Å². The van der Waals surface area contributed by atoms with E-state index in [0.717, 1.165) is 75.1 Å². The fraction of sp³-hybridized carbons (Fsp3) is 0.342. The van der Waals surface area contributed by atoms with Crippen LogP contribution in [0.4, 0.5) is 11.5 Å². The molecule has 5 aromatic rings. The second-order valence-corrected chi connectivity index (χ2v) is 14.5. The molecular formula is C38H41BN6O4.